The molecule has 0 heterocycles. The molecule has 1 fully saturated rings. The van der Waals surface area contributed by atoms with Crippen LogP contribution < -0.4 is 4.31 Å². The van der Waals surface area contributed by atoms with Gasteiger partial charge in [-0.1, -0.05) is 18.9 Å². The monoisotopic (exact) mass is 358 g/mol. The van der Waals surface area contributed by atoms with Crippen molar-refractivity contribution in [2.75, 3.05) is 24.2 Å². The van der Waals surface area contributed by atoms with Crippen molar-refractivity contribution in [3.8, 4) is 0 Å². The molecule has 1 amide bonds. The van der Waals surface area contributed by atoms with E-state index in [1.807, 2.05) is 0 Å². The van der Waals surface area contributed by atoms with Crippen molar-refractivity contribution in [1.29, 1.82) is 0 Å². The fourth-order valence-electron chi connectivity index (χ4n) is 2.99. The van der Waals surface area contributed by atoms with Crippen LogP contribution in [0.1, 0.15) is 25.7 Å². The Bertz CT molecular complexity index is 695. The minimum Gasteiger partial charge on any atom is -0.391 e. The molecule has 0 radical (unpaired) electrons. The summed E-state index contributed by atoms with van der Waals surface area (Å²) < 4.78 is 38.3. The highest BCUT2D eigenvalue weighted by atomic mass is 32.2. The summed E-state index contributed by atoms with van der Waals surface area (Å²) in [7, 11) is -2.19. The number of halogens is 1. The topological polar surface area (TPSA) is 77.9 Å². The molecule has 0 spiro atoms. The summed E-state index contributed by atoms with van der Waals surface area (Å²) in [5, 5.41) is 10.1. The number of carbonyl (C=O) groups excluding carboxylic acids is 1. The first kappa shape index (κ1) is 18.7. The van der Waals surface area contributed by atoms with Crippen molar-refractivity contribution in [2.45, 2.75) is 37.8 Å². The molecule has 1 aliphatic carbocycles. The average Bonchev–Trinajstić information content (AvgIpc) is 2.51. The zero-order valence-corrected chi connectivity index (χ0v) is 14.7. The number of sulfonamides is 1. The van der Waals surface area contributed by atoms with Crippen LogP contribution in [-0.2, 0) is 14.8 Å². The van der Waals surface area contributed by atoms with Crippen LogP contribution in [0.25, 0.3) is 0 Å². The van der Waals surface area contributed by atoms with Crippen molar-refractivity contribution in [3.63, 3.8) is 0 Å². The van der Waals surface area contributed by atoms with E-state index in [0.717, 1.165) is 29.5 Å². The number of hydrogen-bond donors (Lipinski definition) is 1. The zero-order valence-electron chi connectivity index (χ0n) is 13.9. The number of amides is 1. The SMILES string of the molecule is CN(C(=O)CN(c1cccc(F)c1)S(C)(=O)=O)C1CCCCC1O. The Morgan fingerprint density at radius 2 is 2.00 bits per heavy atom. The summed E-state index contributed by atoms with van der Waals surface area (Å²) in [5.41, 5.74) is 0.100. The van der Waals surface area contributed by atoms with Gasteiger partial charge in [-0.3, -0.25) is 9.10 Å². The molecule has 0 aliphatic heterocycles. The fraction of sp³-hybridized carbons (Fsp3) is 0.562. The first-order chi connectivity index (χ1) is 11.2. The smallest absolute Gasteiger partial charge is 0.243 e. The van der Waals surface area contributed by atoms with E-state index in [2.05, 4.69) is 0 Å². The third-order valence-electron chi connectivity index (χ3n) is 4.36. The van der Waals surface area contributed by atoms with Gasteiger partial charge in [0, 0.05) is 7.05 Å². The van der Waals surface area contributed by atoms with E-state index in [1.54, 1.807) is 7.05 Å². The van der Waals surface area contributed by atoms with E-state index in [0.29, 0.717) is 12.8 Å². The second-order valence-corrected chi connectivity index (χ2v) is 8.08. The Morgan fingerprint density at radius 1 is 1.33 bits per heavy atom. The van der Waals surface area contributed by atoms with Gasteiger partial charge in [0.25, 0.3) is 0 Å². The minimum absolute atomic E-state index is 0.100. The number of likely N-dealkylation sites (N-methyl/N-ethyl adjacent to an activating group) is 1. The van der Waals surface area contributed by atoms with E-state index >= 15 is 0 Å². The fourth-order valence-corrected chi connectivity index (χ4v) is 3.84. The molecule has 0 saturated heterocycles. The molecule has 1 N–H and O–H groups in total. The van der Waals surface area contributed by atoms with Gasteiger partial charge in [-0.05, 0) is 31.0 Å². The lowest BCUT2D eigenvalue weighted by atomic mass is 9.91. The quantitative estimate of drug-likeness (QED) is 0.862. The van der Waals surface area contributed by atoms with Gasteiger partial charge in [-0.2, -0.15) is 0 Å². The van der Waals surface area contributed by atoms with Gasteiger partial charge >= 0.3 is 0 Å². The molecule has 2 atom stereocenters. The van der Waals surface area contributed by atoms with Crippen molar-refractivity contribution < 1.29 is 22.7 Å². The number of anilines is 1. The highest BCUT2D eigenvalue weighted by Gasteiger charge is 2.31. The Balaban J connectivity index is 2.19. The predicted molar refractivity (Wildman–Crippen MR) is 89.6 cm³/mol. The minimum atomic E-state index is -3.75. The standard InChI is InChI=1S/C16H23FN2O4S/c1-18(14-8-3-4-9-15(14)20)16(21)11-19(24(2,22)23)13-7-5-6-12(17)10-13/h5-7,10,14-15,20H,3-4,8-9,11H2,1-2H3. The highest BCUT2D eigenvalue weighted by Crippen LogP contribution is 2.24. The van der Waals surface area contributed by atoms with Crippen LogP contribution in [0.2, 0.25) is 0 Å². The Morgan fingerprint density at radius 3 is 2.58 bits per heavy atom. The van der Waals surface area contributed by atoms with Crippen LogP contribution in [0.15, 0.2) is 24.3 Å². The van der Waals surface area contributed by atoms with Crippen LogP contribution in [0.4, 0.5) is 10.1 Å². The maximum absolute atomic E-state index is 13.4. The van der Waals surface area contributed by atoms with Crippen LogP contribution in [0.3, 0.4) is 0 Å². The second kappa shape index (κ2) is 7.48. The maximum atomic E-state index is 13.4. The largest absolute Gasteiger partial charge is 0.391 e. The molecule has 1 aliphatic rings. The lowest BCUT2D eigenvalue weighted by Crippen LogP contribution is -2.50. The van der Waals surface area contributed by atoms with E-state index in [4.69, 9.17) is 0 Å². The number of hydrogen-bond acceptors (Lipinski definition) is 4. The number of aliphatic hydroxyl groups excluding tert-OH is 1. The molecule has 24 heavy (non-hydrogen) atoms. The van der Waals surface area contributed by atoms with E-state index in [-0.39, 0.29) is 11.7 Å². The van der Waals surface area contributed by atoms with Gasteiger partial charge in [-0.15, -0.1) is 0 Å². The Labute approximate surface area is 141 Å². The highest BCUT2D eigenvalue weighted by molar-refractivity contribution is 7.92. The van der Waals surface area contributed by atoms with E-state index in [9.17, 15) is 22.7 Å². The summed E-state index contributed by atoms with van der Waals surface area (Å²) in [6.45, 7) is -0.429. The predicted octanol–water partition coefficient (Wildman–Crippen LogP) is 1.35. The van der Waals surface area contributed by atoms with Gasteiger partial charge in [0.1, 0.15) is 12.4 Å². The van der Waals surface area contributed by atoms with E-state index < -0.39 is 34.4 Å². The molecule has 1 aromatic rings. The maximum Gasteiger partial charge on any atom is 0.243 e. The Hall–Kier alpha value is -1.67. The summed E-state index contributed by atoms with van der Waals surface area (Å²) in [6.07, 6.45) is 3.51. The van der Waals surface area contributed by atoms with Crippen molar-refractivity contribution in [1.82, 2.24) is 4.90 Å². The number of rotatable bonds is 5. The van der Waals surface area contributed by atoms with Crippen molar-refractivity contribution in [2.24, 2.45) is 0 Å². The molecule has 2 unspecified atom stereocenters. The molecule has 6 nitrogen and oxygen atoms in total. The number of benzene rings is 1. The van der Waals surface area contributed by atoms with Crippen LogP contribution in [0, 0.1) is 5.82 Å². The normalized spacial score (nSPS) is 21.3. The molecule has 1 saturated carbocycles. The lowest BCUT2D eigenvalue weighted by molar-refractivity contribution is -0.133. The zero-order chi connectivity index (χ0) is 17.9. The van der Waals surface area contributed by atoms with Gasteiger partial charge < -0.3 is 10.0 Å². The third kappa shape index (κ3) is 4.45. The summed E-state index contributed by atoms with van der Waals surface area (Å²) >= 11 is 0. The lowest BCUT2D eigenvalue weighted by Gasteiger charge is -2.36. The first-order valence-corrected chi connectivity index (χ1v) is 9.72. The van der Waals surface area contributed by atoms with Crippen LogP contribution in [0.5, 0.6) is 0 Å². The molecule has 1 aromatic carbocycles. The number of aliphatic hydroxyl groups is 1. The number of nitrogens with zero attached hydrogens (tertiary/aromatic N) is 2. The summed E-state index contributed by atoms with van der Waals surface area (Å²) in [4.78, 5) is 13.9. The summed E-state index contributed by atoms with van der Waals surface area (Å²) in [6, 6.07) is 4.79. The molecule has 0 aromatic heterocycles. The van der Waals surface area contributed by atoms with Crippen LogP contribution >= 0.6 is 0 Å². The van der Waals surface area contributed by atoms with Crippen molar-refractivity contribution in [3.05, 3.63) is 30.1 Å². The third-order valence-corrected chi connectivity index (χ3v) is 5.50. The Kier molecular flexibility index (Phi) is 5.82. The molecule has 2 rings (SSSR count). The molecular weight excluding hydrogens is 335 g/mol. The molecular formula is C16H23FN2O4S. The van der Waals surface area contributed by atoms with Crippen molar-refractivity contribution >= 4 is 21.6 Å². The van der Waals surface area contributed by atoms with Gasteiger partial charge in [0.05, 0.1) is 24.1 Å². The molecule has 8 heteroatoms. The van der Waals surface area contributed by atoms with Crippen LogP contribution in [-0.4, -0.2) is 56.3 Å². The van der Waals surface area contributed by atoms with Gasteiger partial charge in [0.15, 0.2) is 0 Å². The average molecular weight is 358 g/mol. The first-order valence-electron chi connectivity index (χ1n) is 7.87. The molecule has 134 valence electrons. The van der Waals surface area contributed by atoms with Gasteiger partial charge in [0.2, 0.25) is 15.9 Å². The summed E-state index contributed by atoms with van der Waals surface area (Å²) in [5.74, 6) is -1.01. The molecule has 0 bridgehead atoms. The number of carbonyl (C=O) groups is 1. The van der Waals surface area contributed by atoms with E-state index in [1.165, 1.54) is 23.1 Å². The van der Waals surface area contributed by atoms with Gasteiger partial charge in [-0.25, -0.2) is 12.8 Å². The second-order valence-electron chi connectivity index (χ2n) is 6.17.